The SMILES string of the molecule is COc1cc(Cc2cnc(N)nc2N)cc(I)c1O. The molecule has 0 saturated carbocycles. The molecule has 5 N–H and O–H groups in total. The molecule has 19 heavy (non-hydrogen) atoms. The molecule has 0 saturated heterocycles. The molecule has 6 nitrogen and oxygen atoms in total. The lowest BCUT2D eigenvalue weighted by Gasteiger charge is -2.10. The van der Waals surface area contributed by atoms with Gasteiger partial charge in [0.05, 0.1) is 10.7 Å². The summed E-state index contributed by atoms with van der Waals surface area (Å²) in [6.07, 6.45) is 2.14. The number of aromatic hydroxyl groups is 1. The zero-order valence-electron chi connectivity index (χ0n) is 10.2. The molecule has 7 heteroatoms. The number of methoxy groups -OCH3 is 1. The number of nitrogens with two attached hydrogens (primary N) is 2. The summed E-state index contributed by atoms with van der Waals surface area (Å²) in [6.45, 7) is 0. The summed E-state index contributed by atoms with van der Waals surface area (Å²) < 4.78 is 5.83. The third-order valence-corrected chi connectivity index (χ3v) is 3.44. The van der Waals surface area contributed by atoms with Gasteiger partial charge in [-0.2, -0.15) is 4.98 Å². The number of ether oxygens (including phenoxy) is 1. The molecule has 0 aliphatic rings. The van der Waals surface area contributed by atoms with Crippen molar-refractivity contribution in [1.82, 2.24) is 9.97 Å². The summed E-state index contributed by atoms with van der Waals surface area (Å²) in [5.74, 6) is 1.07. The van der Waals surface area contributed by atoms with Gasteiger partial charge in [0.25, 0.3) is 0 Å². The van der Waals surface area contributed by atoms with Crippen molar-refractivity contribution >= 4 is 34.4 Å². The number of aromatic nitrogens is 2. The zero-order valence-corrected chi connectivity index (χ0v) is 12.4. The van der Waals surface area contributed by atoms with Gasteiger partial charge in [0, 0.05) is 18.2 Å². The minimum absolute atomic E-state index is 0.133. The minimum atomic E-state index is 0.133. The predicted molar refractivity (Wildman–Crippen MR) is 81.0 cm³/mol. The number of hydrogen-bond acceptors (Lipinski definition) is 6. The maximum Gasteiger partial charge on any atom is 0.221 e. The van der Waals surface area contributed by atoms with E-state index in [9.17, 15) is 5.11 Å². The molecule has 0 fully saturated rings. The second-order valence-corrected chi connectivity index (χ2v) is 5.11. The van der Waals surface area contributed by atoms with E-state index < -0.39 is 0 Å². The van der Waals surface area contributed by atoms with Crippen molar-refractivity contribution in [3.63, 3.8) is 0 Å². The van der Waals surface area contributed by atoms with Gasteiger partial charge in [-0.05, 0) is 40.3 Å². The lowest BCUT2D eigenvalue weighted by atomic mass is 10.1. The lowest BCUT2D eigenvalue weighted by molar-refractivity contribution is 0.371. The molecule has 0 unspecified atom stereocenters. The van der Waals surface area contributed by atoms with Crippen molar-refractivity contribution in [3.8, 4) is 11.5 Å². The Labute approximate surface area is 124 Å². The van der Waals surface area contributed by atoms with E-state index in [2.05, 4.69) is 9.97 Å². The van der Waals surface area contributed by atoms with Gasteiger partial charge in [-0.25, -0.2) is 4.98 Å². The number of halogens is 1. The van der Waals surface area contributed by atoms with Crippen molar-refractivity contribution in [3.05, 3.63) is 33.0 Å². The van der Waals surface area contributed by atoms with Gasteiger partial charge in [-0.3, -0.25) is 0 Å². The van der Waals surface area contributed by atoms with Crippen molar-refractivity contribution in [2.24, 2.45) is 0 Å². The normalized spacial score (nSPS) is 10.4. The molecule has 0 spiro atoms. The second-order valence-electron chi connectivity index (χ2n) is 3.94. The van der Waals surface area contributed by atoms with E-state index in [0.717, 1.165) is 11.1 Å². The van der Waals surface area contributed by atoms with E-state index in [4.69, 9.17) is 16.2 Å². The van der Waals surface area contributed by atoms with Gasteiger partial charge in [-0.15, -0.1) is 0 Å². The Hall–Kier alpha value is -1.77. The summed E-state index contributed by atoms with van der Waals surface area (Å²) in [7, 11) is 1.51. The summed E-state index contributed by atoms with van der Waals surface area (Å²) in [4.78, 5) is 7.84. The first-order chi connectivity index (χ1) is 9.01. The van der Waals surface area contributed by atoms with E-state index in [1.807, 2.05) is 28.7 Å². The summed E-state index contributed by atoms with van der Waals surface area (Å²) in [5.41, 5.74) is 13.0. The predicted octanol–water partition coefficient (Wildman–Crippen LogP) is 1.55. The Bertz CT molecular complexity index is 619. The fourth-order valence-electron chi connectivity index (χ4n) is 1.68. The van der Waals surface area contributed by atoms with E-state index in [1.54, 1.807) is 12.3 Å². The highest BCUT2D eigenvalue weighted by Crippen LogP contribution is 2.33. The quantitative estimate of drug-likeness (QED) is 0.706. The van der Waals surface area contributed by atoms with Crippen molar-refractivity contribution in [2.75, 3.05) is 18.6 Å². The number of hydrogen-bond donors (Lipinski definition) is 3. The van der Waals surface area contributed by atoms with Crippen LogP contribution in [0.1, 0.15) is 11.1 Å². The molecule has 100 valence electrons. The summed E-state index contributed by atoms with van der Waals surface area (Å²) in [6, 6.07) is 3.61. The number of phenols is 1. The number of rotatable bonds is 3. The Balaban J connectivity index is 2.35. The fourth-order valence-corrected chi connectivity index (χ4v) is 2.34. The molecule has 0 aliphatic heterocycles. The highest BCUT2D eigenvalue weighted by atomic mass is 127. The average molecular weight is 372 g/mol. The van der Waals surface area contributed by atoms with Gasteiger partial charge >= 0.3 is 0 Å². The van der Waals surface area contributed by atoms with E-state index in [0.29, 0.717) is 21.6 Å². The molecule has 1 heterocycles. The van der Waals surface area contributed by atoms with Crippen LogP contribution < -0.4 is 16.2 Å². The van der Waals surface area contributed by atoms with Crippen LogP contribution in [0.3, 0.4) is 0 Å². The lowest BCUT2D eigenvalue weighted by Crippen LogP contribution is -2.04. The third kappa shape index (κ3) is 2.98. The van der Waals surface area contributed by atoms with Crippen LogP contribution in [0.25, 0.3) is 0 Å². The molecule has 0 atom stereocenters. The largest absolute Gasteiger partial charge is 0.504 e. The Morgan fingerprint density at radius 2 is 2.11 bits per heavy atom. The van der Waals surface area contributed by atoms with Crippen LogP contribution in [0.4, 0.5) is 11.8 Å². The Morgan fingerprint density at radius 1 is 1.37 bits per heavy atom. The minimum Gasteiger partial charge on any atom is -0.504 e. The summed E-state index contributed by atoms with van der Waals surface area (Å²) in [5, 5.41) is 9.78. The van der Waals surface area contributed by atoms with Crippen molar-refractivity contribution in [2.45, 2.75) is 6.42 Å². The molecule has 0 aliphatic carbocycles. The Morgan fingerprint density at radius 3 is 2.74 bits per heavy atom. The van der Waals surface area contributed by atoms with Gasteiger partial charge in [0.15, 0.2) is 11.5 Å². The first-order valence-corrected chi connectivity index (χ1v) is 6.51. The monoisotopic (exact) mass is 372 g/mol. The first kappa shape index (κ1) is 13.7. The molecule has 2 aromatic rings. The van der Waals surface area contributed by atoms with Gasteiger partial charge in [0.2, 0.25) is 5.95 Å². The topological polar surface area (TPSA) is 107 Å². The molecule has 0 bridgehead atoms. The second kappa shape index (κ2) is 5.47. The summed E-state index contributed by atoms with van der Waals surface area (Å²) >= 11 is 2.04. The van der Waals surface area contributed by atoms with Gasteiger partial charge < -0.3 is 21.3 Å². The molecule has 0 radical (unpaired) electrons. The number of benzene rings is 1. The molecular formula is C12H13IN4O2. The molecule has 1 aromatic carbocycles. The average Bonchev–Trinajstić information content (AvgIpc) is 2.37. The first-order valence-electron chi connectivity index (χ1n) is 5.43. The maximum atomic E-state index is 9.78. The maximum absolute atomic E-state index is 9.78. The van der Waals surface area contributed by atoms with Crippen LogP contribution in [0, 0.1) is 3.57 Å². The number of phenolic OH excluding ortho intramolecular Hbond substituents is 1. The van der Waals surface area contributed by atoms with Crippen LogP contribution in [-0.4, -0.2) is 22.2 Å². The highest BCUT2D eigenvalue weighted by Gasteiger charge is 2.10. The molecule has 2 rings (SSSR count). The van der Waals surface area contributed by atoms with Crippen LogP contribution in [-0.2, 0) is 6.42 Å². The van der Waals surface area contributed by atoms with E-state index in [1.165, 1.54) is 7.11 Å². The van der Waals surface area contributed by atoms with Gasteiger partial charge in [0.1, 0.15) is 5.82 Å². The number of nitrogen functional groups attached to an aromatic ring is 2. The smallest absolute Gasteiger partial charge is 0.221 e. The zero-order chi connectivity index (χ0) is 14.0. The molecule has 0 amide bonds. The van der Waals surface area contributed by atoms with E-state index >= 15 is 0 Å². The highest BCUT2D eigenvalue weighted by molar-refractivity contribution is 14.1. The van der Waals surface area contributed by atoms with E-state index in [-0.39, 0.29) is 11.7 Å². The third-order valence-electron chi connectivity index (χ3n) is 2.62. The van der Waals surface area contributed by atoms with Crippen LogP contribution in [0.2, 0.25) is 0 Å². The standard InChI is InChI=1S/C12H13IN4O2/c1-19-9-4-6(3-8(13)10(9)18)2-7-5-16-12(15)17-11(7)14/h3-5,18H,2H2,1H3,(H4,14,15,16,17). The van der Waals surface area contributed by atoms with Crippen LogP contribution in [0.15, 0.2) is 18.3 Å². The Kier molecular flexibility index (Phi) is 3.93. The van der Waals surface area contributed by atoms with Crippen LogP contribution >= 0.6 is 22.6 Å². The van der Waals surface area contributed by atoms with Crippen molar-refractivity contribution in [1.29, 1.82) is 0 Å². The van der Waals surface area contributed by atoms with Crippen LogP contribution in [0.5, 0.6) is 11.5 Å². The van der Waals surface area contributed by atoms with Gasteiger partial charge in [-0.1, -0.05) is 0 Å². The molecular weight excluding hydrogens is 359 g/mol. The number of nitrogens with zero attached hydrogens (tertiary/aromatic N) is 2. The fraction of sp³-hybridized carbons (Fsp3) is 0.167. The van der Waals surface area contributed by atoms with Crippen molar-refractivity contribution < 1.29 is 9.84 Å². The number of anilines is 2. The molecule has 1 aromatic heterocycles.